The molecule has 8 heteroatoms. The van der Waals surface area contributed by atoms with E-state index in [0.29, 0.717) is 35.0 Å². The predicted molar refractivity (Wildman–Crippen MR) is 118 cm³/mol. The van der Waals surface area contributed by atoms with Crippen molar-refractivity contribution in [2.75, 3.05) is 29.9 Å². The molecule has 1 N–H and O–H groups in total. The predicted octanol–water partition coefficient (Wildman–Crippen LogP) is 3.80. The number of carbonyl (C=O) groups is 1. The van der Waals surface area contributed by atoms with E-state index in [1.807, 2.05) is 20.8 Å². The minimum Gasteiger partial charge on any atom is -0.496 e. The maximum Gasteiger partial charge on any atom is 0.237 e. The van der Waals surface area contributed by atoms with Crippen LogP contribution in [-0.4, -0.2) is 34.6 Å². The summed E-state index contributed by atoms with van der Waals surface area (Å²) in [7, 11) is -2.19. The second-order valence-corrected chi connectivity index (χ2v) is 9.71. The number of rotatable bonds is 7. The van der Waals surface area contributed by atoms with E-state index in [0.717, 1.165) is 6.42 Å². The molecular formula is C22H28N2O5S. The Kier molecular flexibility index (Phi) is 6.26. The highest BCUT2D eigenvalue weighted by Gasteiger charge is 2.37. The van der Waals surface area contributed by atoms with Gasteiger partial charge in [0.25, 0.3) is 0 Å². The summed E-state index contributed by atoms with van der Waals surface area (Å²) < 4.78 is 39.3. The number of sulfonamides is 1. The Hall–Kier alpha value is -2.74. The molecule has 2 aromatic carbocycles. The number of ether oxygens (including phenoxy) is 2. The molecular weight excluding hydrogens is 404 g/mol. The monoisotopic (exact) mass is 432 g/mol. The van der Waals surface area contributed by atoms with Crippen LogP contribution in [0.1, 0.15) is 32.8 Å². The number of fused-ring (bicyclic) bond motifs is 1. The van der Waals surface area contributed by atoms with Crippen LogP contribution in [0, 0.1) is 5.41 Å². The van der Waals surface area contributed by atoms with Gasteiger partial charge in [0.1, 0.15) is 18.1 Å². The van der Waals surface area contributed by atoms with Gasteiger partial charge in [-0.25, -0.2) is 8.42 Å². The van der Waals surface area contributed by atoms with Crippen molar-refractivity contribution in [3.05, 3.63) is 48.0 Å². The molecule has 1 heterocycles. The van der Waals surface area contributed by atoms with E-state index in [9.17, 15) is 13.2 Å². The lowest BCUT2D eigenvalue weighted by Gasteiger charge is -2.28. The summed E-state index contributed by atoms with van der Waals surface area (Å²) in [6, 6.07) is 12.0. The van der Waals surface area contributed by atoms with Crippen molar-refractivity contribution < 1.29 is 22.7 Å². The zero-order valence-electron chi connectivity index (χ0n) is 17.8. The van der Waals surface area contributed by atoms with E-state index in [2.05, 4.69) is 4.72 Å². The Morgan fingerprint density at radius 2 is 1.93 bits per heavy atom. The smallest absolute Gasteiger partial charge is 0.237 e. The maximum absolute atomic E-state index is 13.0. The fraction of sp³-hybridized carbons (Fsp3) is 0.409. The van der Waals surface area contributed by atoms with Crippen LogP contribution in [0.4, 0.5) is 11.4 Å². The van der Waals surface area contributed by atoms with Crippen LogP contribution in [0.25, 0.3) is 0 Å². The Bertz CT molecular complexity index is 1030. The number of hydrogen-bond acceptors (Lipinski definition) is 5. The normalized spacial score (nSPS) is 15.7. The SMILES string of the molecule is CCCN1C(=O)C(C)(C)COc2ccc(NS(=O)(=O)Cc3ccccc3OC)cc21. The Morgan fingerprint density at radius 3 is 2.63 bits per heavy atom. The number of nitrogens with one attached hydrogen (secondary N) is 1. The number of hydrogen-bond donors (Lipinski definition) is 1. The largest absolute Gasteiger partial charge is 0.496 e. The molecule has 0 aromatic heterocycles. The average Bonchev–Trinajstić information content (AvgIpc) is 2.78. The van der Waals surface area contributed by atoms with Crippen molar-refractivity contribution in [2.24, 2.45) is 5.41 Å². The summed E-state index contributed by atoms with van der Waals surface area (Å²) in [6.45, 7) is 6.47. The van der Waals surface area contributed by atoms with Crippen LogP contribution in [-0.2, 0) is 20.6 Å². The molecule has 0 saturated heterocycles. The lowest BCUT2D eigenvalue weighted by Crippen LogP contribution is -2.42. The van der Waals surface area contributed by atoms with Gasteiger partial charge in [-0.3, -0.25) is 9.52 Å². The quantitative estimate of drug-likeness (QED) is 0.719. The van der Waals surface area contributed by atoms with E-state index in [1.54, 1.807) is 47.4 Å². The van der Waals surface area contributed by atoms with Crippen LogP contribution in [0.2, 0.25) is 0 Å². The topological polar surface area (TPSA) is 84.9 Å². The van der Waals surface area contributed by atoms with Crippen molar-refractivity contribution in [3.63, 3.8) is 0 Å². The van der Waals surface area contributed by atoms with Gasteiger partial charge in [-0.05, 0) is 44.5 Å². The standard InChI is InChI=1S/C22H28N2O5S/c1-5-12-24-18-13-17(10-11-20(18)29-15-22(2,3)21(24)25)23-30(26,27)14-16-8-6-7-9-19(16)28-4/h6-11,13,23H,5,12,14-15H2,1-4H3. The van der Waals surface area contributed by atoms with Gasteiger partial charge in [0, 0.05) is 12.1 Å². The molecule has 0 spiro atoms. The number of amides is 1. The van der Waals surface area contributed by atoms with Gasteiger partial charge in [-0.1, -0.05) is 25.1 Å². The zero-order chi connectivity index (χ0) is 21.9. The number of benzene rings is 2. The van der Waals surface area contributed by atoms with E-state index < -0.39 is 15.4 Å². The molecule has 0 bridgehead atoms. The molecule has 0 saturated carbocycles. The van der Waals surface area contributed by atoms with Crippen molar-refractivity contribution >= 4 is 27.3 Å². The van der Waals surface area contributed by atoms with Gasteiger partial charge in [0.2, 0.25) is 15.9 Å². The third-order valence-electron chi connectivity index (χ3n) is 4.92. The Labute approximate surface area is 178 Å². The van der Waals surface area contributed by atoms with Crippen LogP contribution in [0.15, 0.2) is 42.5 Å². The van der Waals surface area contributed by atoms with Crippen LogP contribution in [0.3, 0.4) is 0 Å². The summed E-state index contributed by atoms with van der Waals surface area (Å²) in [6.07, 6.45) is 0.769. The number of para-hydroxylation sites is 1. The second-order valence-electron chi connectivity index (χ2n) is 7.98. The van der Waals surface area contributed by atoms with E-state index in [-0.39, 0.29) is 18.3 Å². The maximum atomic E-state index is 13.0. The first-order chi connectivity index (χ1) is 14.2. The van der Waals surface area contributed by atoms with E-state index in [1.165, 1.54) is 7.11 Å². The zero-order valence-corrected chi connectivity index (χ0v) is 18.6. The molecule has 1 amide bonds. The molecule has 0 radical (unpaired) electrons. The van der Waals surface area contributed by atoms with Gasteiger partial charge in [0.15, 0.2) is 0 Å². The number of nitrogens with zero attached hydrogens (tertiary/aromatic N) is 1. The van der Waals surface area contributed by atoms with Crippen LogP contribution >= 0.6 is 0 Å². The number of carbonyl (C=O) groups excluding carboxylic acids is 1. The van der Waals surface area contributed by atoms with Crippen molar-refractivity contribution in [1.29, 1.82) is 0 Å². The summed E-state index contributed by atoms with van der Waals surface area (Å²) in [4.78, 5) is 14.7. The molecule has 0 unspecified atom stereocenters. The molecule has 30 heavy (non-hydrogen) atoms. The Balaban J connectivity index is 1.90. The first-order valence-corrected chi connectivity index (χ1v) is 11.5. The lowest BCUT2D eigenvalue weighted by molar-refractivity contribution is -0.127. The molecule has 1 aliphatic heterocycles. The second kappa shape index (κ2) is 8.55. The highest BCUT2D eigenvalue weighted by Crippen LogP contribution is 2.38. The minimum absolute atomic E-state index is 0.0443. The molecule has 2 aromatic rings. The first kappa shape index (κ1) is 22.0. The van der Waals surface area contributed by atoms with Crippen molar-refractivity contribution in [2.45, 2.75) is 32.9 Å². The van der Waals surface area contributed by atoms with Gasteiger partial charge in [0.05, 0.1) is 29.7 Å². The third-order valence-corrected chi connectivity index (χ3v) is 6.16. The Morgan fingerprint density at radius 1 is 1.20 bits per heavy atom. The molecule has 0 aliphatic carbocycles. The van der Waals surface area contributed by atoms with Gasteiger partial charge in [-0.2, -0.15) is 0 Å². The van der Waals surface area contributed by atoms with E-state index in [4.69, 9.17) is 9.47 Å². The third kappa shape index (κ3) is 4.70. The van der Waals surface area contributed by atoms with Crippen LogP contribution in [0.5, 0.6) is 11.5 Å². The van der Waals surface area contributed by atoms with Crippen LogP contribution < -0.4 is 19.1 Å². The fourth-order valence-corrected chi connectivity index (χ4v) is 4.60. The highest BCUT2D eigenvalue weighted by atomic mass is 32.2. The number of anilines is 2. The fourth-order valence-electron chi connectivity index (χ4n) is 3.40. The highest BCUT2D eigenvalue weighted by molar-refractivity contribution is 7.91. The van der Waals surface area contributed by atoms with Crippen molar-refractivity contribution in [3.8, 4) is 11.5 Å². The molecule has 0 fully saturated rings. The lowest BCUT2D eigenvalue weighted by atomic mass is 9.93. The molecule has 162 valence electrons. The summed E-state index contributed by atoms with van der Waals surface area (Å²) in [5, 5.41) is 0. The van der Waals surface area contributed by atoms with E-state index >= 15 is 0 Å². The average molecular weight is 433 g/mol. The summed E-state index contributed by atoms with van der Waals surface area (Å²) in [5.74, 6) is 0.808. The minimum atomic E-state index is -3.70. The van der Waals surface area contributed by atoms with Gasteiger partial charge >= 0.3 is 0 Å². The van der Waals surface area contributed by atoms with Gasteiger partial charge in [-0.15, -0.1) is 0 Å². The molecule has 3 rings (SSSR count). The molecule has 1 aliphatic rings. The van der Waals surface area contributed by atoms with Crippen molar-refractivity contribution in [1.82, 2.24) is 0 Å². The molecule has 0 atom stereocenters. The summed E-state index contributed by atoms with van der Waals surface area (Å²) >= 11 is 0. The summed E-state index contributed by atoms with van der Waals surface area (Å²) in [5.41, 5.74) is 0.846. The first-order valence-electron chi connectivity index (χ1n) is 9.88. The molecule has 7 nitrogen and oxygen atoms in total. The van der Waals surface area contributed by atoms with Gasteiger partial charge < -0.3 is 14.4 Å². The number of methoxy groups -OCH3 is 1.